The Morgan fingerprint density at radius 2 is 1.91 bits per heavy atom. The van der Waals surface area contributed by atoms with Crippen LogP contribution in [0, 0.1) is 10.1 Å². The normalized spacial score (nSPS) is 16.5. The maximum absolute atomic E-state index is 13.0. The molecule has 0 spiro atoms. The summed E-state index contributed by atoms with van der Waals surface area (Å²) in [5.74, 6) is 0.348. The molecule has 1 N–H and O–H groups in total. The maximum Gasteiger partial charge on any atom is 0.269 e. The summed E-state index contributed by atoms with van der Waals surface area (Å²) >= 11 is 1.13. The molecule has 2 aromatic carbocycles. The van der Waals surface area contributed by atoms with Crippen molar-refractivity contribution in [2.45, 2.75) is 6.54 Å². The van der Waals surface area contributed by atoms with Crippen LogP contribution >= 0.6 is 11.8 Å². The minimum Gasteiger partial charge on any atom is -0.507 e. The summed E-state index contributed by atoms with van der Waals surface area (Å²) in [6, 6.07) is 16.0. The molecule has 1 fully saturated rings. The second-order valence-corrected chi connectivity index (χ2v) is 7.63. The third-order valence-corrected chi connectivity index (χ3v) is 5.46. The molecule has 1 amide bonds. The Labute approximate surface area is 186 Å². The van der Waals surface area contributed by atoms with Gasteiger partial charge in [0, 0.05) is 17.7 Å². The van der Waals surface area contributed by atoms with Gasteiger partial charge in [-0.25, -0.2) is 0 Å². The zero-order valence-corrected chi connectivity index (χ0v) is 17.3. The number of carbonyl (C=O) groups is 1. The van der Waals surface area contributed by atoms with Crippen molar-refractivity contribution in [2.24, 2.45) is 10.2 Å². The molecule has 0 atom stereocenters. The number of phenolic OH excluding ortho intramolecular Hbond substituents is 1. The van der Waals surface area contributed by atoms with Crippen LogP contribution in [0.3, 0.4) is 0 Å². The first-order chi connectivity index (χ1) is 15.5. The molecule has 32 heavy (non-hydrogen) atoms. The number of amidine groups is 1. The molecule has 9 nitrogen and oxygen atoms in total. The molecule has 1 saturated heterocycles. The van der Waals surface area contributed by atoms with Gasteiger partial charge in [0.05, 0.1) is 28.9 Å². The zero-order valence-electron chi connectivity index (χ0n) is 16.5. The monoisotopic (exact) mass is 448 g/mol. The summed E-state index contributed by atoms with van der Waals surface area (Å²) < 4.78 is 5.36. The number of nitrogens with zero attached hydrogens (tertiary/aromatic N) is 4. The lowest BCUT2D eigenvalue weighted by atomic mass is 10.2. The van der Waals surface area contributed by atoms with Gasteiger partial charge in [-0.15, -0.1) is 5.10 Å². The van der Waals surface area contributed by atoms with Crippen molar-refractivity contribution < 1.29 is 19.2 Å². The number of hydrogen-bond donors (Lipinski definition) is 1. The number of furan rings is 1. The highest BCUT2D eigenvalue weighted by atomic mass is 32.2. The van der Waals surface area contributed by atoms with Gasteiger partial charge < -0.3 is 9.52 Å². The molecule has 0 bridgehead atoms. The zero-order chi connectivity index (χ0) is 22.5. The molecule has 0 radical (unpaired) electrons. The number of thioether (sulfide) groups is 1. The molecule has 0 saturated carbocycles. The number of benzene rings is 2. The molecule has 0 unspecified atom stereocenters. The molecule has 160 valence electrons. The van der Waals surface area contributed by atoms with Gasteiger partial charge in [-0.2, -0.15) is 5.10 Å². The first-order valence-corrected chi connectivity index (χ1v) is 10.2. The molecule has 3 aromatic rings. The van der Waals surface area contributed by atoms with E-state index >= 15 is 0 Å². The van der Waals surface area contributed by atoms with Gasteiger partial charge in [-0.3, -0.25) is 19.8 Å². The molecular weight excluding hydrogens is 432 g/mol. The number of aromatic hydroxyl groups is 1. The van der Waals surface area contributed by atoms with Crippen molar-refractivity contribution in [1.82, 2.24) is 4.90 Å². The summed E-state index contributed by atoms with van der Waals surface area (Å²) in [7, 11) is 0. The van der Waals surface area contributed by atoms with E-state index in [0.717, 1.165) is 11.8 Å². The number of amides is 1. The van der Waals surface area contributed by atoms with E-state index < -0.39 is 4.92 Å². The highest BCUT2D eigenvalue weighted by Gasteiger charge is 2.34. The van der Waals surface area contributed by atoms with Crippen molar-refractivity contribution in [2.75, 3.05) is 0 Å². The van der Waals surface area contributed by atoms with Crippen LogP contribution in [0.15, 0.2) is 86.5 Å². The molecule has 2 heterocycles. The van der Waals surface area contributed by atoms with E-state index in [4.69, 9.17) is 4.42 Å². The van der Waals surface area contributed by atoms with Gasteiger partial charge in [-0.1, -0.05) is 18.2 Å². The summed E-state index contributed by atoms with van der Waals surface area (Å²) in [5, 5.41) is 29.3. The van der Waals surface area contributed by atoms with Crippen molar-refractivity contribution in [3.05, 3.63) is 98.8 Å². The number of carbonyl (C=O) groups excluding carboxylic acids is 1. The fourth-order valence-electron chi connectivity index (χ4n) is 2.86. The predicted octanol–water partition coefficient (Wildman–Crippen LogP) is 4.40. The van der Waals surface area contributed by atoms with Crippen LogP contribution in [0.1, 0.15) is 16.9 Å². The van der Waals surface area contributed by atoms with Crippen LogP contribution in [0.5, 0.6) is 5.75 Å². The Hall–Kier alpha value is -4.18. The highest BCUT2D eigenvalue weighted by Crippen LogP contribution is 2.35. The quantitative estimate of drug-likeness (QED) is 0.258. The number of nitro groups is 1. The van der Waals surface area contributed by atoms with E-state index in [-0.39, 0.29) is 23.9 Å². The largest absolute Gasteiger partial charge is 0.507 e. The number of rotatable bonds is 6. The molecule has 0 aliphatic carbocycles. The second kappa shape index (κ2) is 9.31. The second-order valence-electron chi connectivity index (χ2n) is 6.62. The minimum atomic E-state index is -0.479. The Bertz CT molecular complexity index is 1230. The van der Waals surface area contributed by atoms with E-state index in [9.17, 15) is 20.0 Å². The van der Waals surface area contributed by atoms with E-state index in [1.54, 1.807) is 54.6 Å². The van der Waals surface area contributed by atoms with Gasteiger partial charge in [0.1, 0.15) is 11.5 Å². The van der Waals surface area contributed by atoms with Crippen molar-refractivity contribution >= 4 is 40.8 Å². The van der Waals surface area contributed by atoms with Crippen molar-refractivity contribution in [3.8, 4) is 5.75 Å². The topological polar surface area (TPSA) is 122 Å². The molecule has 1 aliphatic heterocycles. The average Bonchev–Trinajstić information content (AvgIpc) is 3.40. The molecular formula is C22H16N4O5S. The first kappa shape index (κ1) is 21.1. The lowest BCUT2D eigenvalue weighted by molar-refractivity contribution is -0.384. The minimum absolute atomic E-state index is 0.0195. The summed E-state index contributed by atoms with van der Waals surface area (Å²) in [6.07, 6.45) is 4.56. The van der Waals surface area contributed by atoms with Gasteiger partial charge in [0.2, 0.25) is 0 Å². The first-order valence-electron chi connectivity index (χ1n) is 9.38. The number of nitro benzene ring substituents is 1. The molecule has 1 aliphatic rings. The van der Waals surface area contributed by atoms with Crippen LogP contribution in [0.25, 0.3) is 6.08 Å². The Balaban J connectivity index is 1.60. The lowest BCUT2D eigenvalue weighted by Crippen LogP contribution is -2.28. The smallest absolute Gasteiger partial charge is 0.269 e. The summed E-state index contributed by atoms with van der Waals surface area (Å²) in [4.78, 5) is 25.1. The third-order valence-electron chi connectivity index (χ3n) is 4.46. The standard InChI is InChI=1S/C22H16N4O5S/c27-19-6-2-1-4-16(19)12-20-21(28)25(14-18-5-3-11-31-18)22(32-20)24-23-13-15-7-9-17(10-8-15)26(29)30/h1-13,27H,14H2/b20-12-,23-13-,24-22+. The van der Waals surface area contributed by atoms with Crippen LogP contribution in [0.4, 0.5) is 5.69 Å². The number of non-ortho nitro benzene ring substituents is 1. The highest BCUT2D eigenvalue weighted by molar-refractivity contribution is 8.18. The van der Waals surface area contributed by atoms with Crippen LogP contribution in [-0.2, 0) is 11.3 Å². The Kier molecular flexibility index (Phi) is 6.13. The Morgan fingerprint density at radius 1 is 1.12 bits per heavy atom. The number of hydrogen-bond acceptors (Lipinski definition) is 8. The lowest BCUT2D eigenvalue weighted by Gasteiger charge is -2.12. The third kappa shape index (κ3) is 4.76. The number of phenols is 1. The van der Waals surface area contributed by atoms with E-state index in [2.05, 4.69) is 10.2 Å². The van der Waals surface area contributed by atoms with Crippen LogP contribution in [-0.4, -0.2) is 32.2 Å². The van der Waals surface area contributed by atoms with Gasteiger partial charge in [0.15, 0.2) is 5.17 Å². The van der Waals surface area contributed by atoms with E-state index in [1.165, 1.54) is 29.5 Å². The SMILES string of the molecule is O=C1/C(=C/c2ccccc2O)S/C(=N/N=C\c2ccc([N+](=O)[O-])cc2)N1Cc1ccco1. The Morgan fingerprint density at radius 3 is 2.59 bits per heavy atom. The van der Waals surface area contributed by atoms with Crippen molar-refractivity contribution in [1.29, 1.82) is 0 Å². The van der Waals surface area contributed by atoms with E-state index in [0.29, 0.717) is 27.0 Å². The van der Waals surface area contributed by atoms with Gasteiger partial charge in [0.25, 0.3) is 11.6 Å². The fourth-order valence-corrected chi connectivity index (χ4v) is 3.78. The summed E-state index contributed by atoms with van der Waals surface area (Å²) in [6.45, 7) is 0.169. The molecule has 10 heteroatoms. The van der Waals surface area contributed by atoms with Crippen LogP contribution in [0.2, 0.25) is 0 Å². The van der Waals surface area contributed by atoms with Crippen LogP contribution < -0.4 is 0 Å². The fraction of sp³-hybridized carbons (Fsp3) is 0.0455. The molecule has 4 rings (SSSR count). The maximum atomic E-state index is 13.0. The van der Waals surface area contributed by atoms with Gasteiger partial charge >= 0.3 is 0 Å². The molecule has 1 aromatic heterocycles. The van der Waals surface area contributed by atoms with Gasteiger partial charge in [-0.05, 0) is 53.7 Å². The van der Waals surface area contributed by atoms with Crippen molar-refractivity contribution in [3.63, 3.8) is 0 Å². The van der Waals surface area contributed by atoms with E-state index in [1.807, 2.05) is 0 Å². The number of para-hydroxylation sites is 1. The predicted molar refractivity (Wildman–Crippen MR) is 121 cm³/mol. The summed E-state index contributed by atoms with van der Waals surface area (Å²) in [5.41, 5.74) is 1.11. The average molecular weight is 448 g/mol.